The van der Waals surface area contributed by atoms with Gasteiger partial charge in [-0.25, -0.2) is 9.18 Å². The number of furan rings is 1. The fourth-order valence-electron chi connectivity index (χ4n) is 2.37. The van der Waals surface area contributed by atoms with Crippen molar-refractivity contribution >= 4 is 5.97 Å². The Kier molecular flexibility index (Phi) is 4.72. The summed E-state index contributed by atoms with van der Waals surface area (Å²) >= 11 is 0. The molecule has 0 spiro atoms. The molecule has 0 saturated carbocycles. The highest BCUT2D eigenvalue weighted by molar-refractivity contribution is 5.87. The predicted molar refractivity (Wildman–Crippen MR) is 88.0 cm³/mol. The lowest BCUT2D eigenvalue weighted by atomic mass is 10.1. The molecule has 1 heterocycles. The van der Waals surface area contributed by atoms with Gasteiger partial charge in [-0.15, -0.1) is 0 Å². The van der Waals surface area contributed by atoms with Crippen molar-refractivity contribution in [2.45, 2.75) is 13.1 Å². The Hall–Kier alpha value is -2.92. The second-order valence-electron chi connectivity index (χ2n) is 5.35. The smallest absolute Gasteiger partial charge is 0.335 e. The van der Waals surface area contributed by atoms with Crippen molar-refractivity contribution < 1.29 is 18.7 Å². The average molecular weight is 325 g/mol. The zero-order valence-corrected chi connectivity index (χ0v) is 12.8. The normalized spacial score (nSPS) is 10.7. The lowest BCUT2D eigenvalue weighted by Crippen LogP contribution is -2.12. The van der Waals surface area contributed by atoms with Gasteiger partial charge in [0.05, 0.1) is 17.7 Å². The van der Waals surface area contributed by atoms with E-state index in [-0.39, 0.29) is 11.4 Å². The summed E-state index contributed by atoms with van der Waals surface area (Å²) in [6, 6.07) is 16.7. The van der Waals surface area contributed by atoms with Crippen molar-refractivity contribution in [1.82, 2.24) is 5.32 Å². The second-order valence-corrected chi connectivity index (χ2v) is 5.35. The van der Waals surface area contributed by atoms with E-state index in [1.54, 1.807) is 48.5 Å². The molecule has 4 nitrogen and oxygen atoms in total. The molecule has 0 radical (unpaired) electrons. The molecule has 3 rings (SSSR count). The van der Waals surface area contributed by atoms with Crippen molar-refractivity contribution in [3.05, 3.63) is 83.4 Å². The van der Waals surface area contributed by atoms with Crippen molar-refractivity contribution in [2.24, 2.45) is 0 Å². The molecule has 0 aliphatic rings. The molecule has 5 heteroatoms. The molecule has 0 fully saturated rings. The zero-order valence-electron chi connectivity index (χ0n) is 12.8. The number of aromatic carboxylic acids is 1. The number of carbonyl (C=O) groups is 1. The van der Waals surface area contributed by atoms with E-state index < -0.39 is 5.97 Å². The van der Waals surface area contributed by atoms with E-state index in [9.17, 15) is 9.18 Å². The van der Waals surface area contributed by atoms with E-state index in [0.717, 1.165) is 5.56 Å². The van der Waals surface area contributed by atoms with Crippen LogP contribution < -0.4 is 5.32 Å². The van der Waals surface area contributed by atoms with Crippen LogP contribution in [0.25, 0.3) is 11.3 Å². The number of hydrogen-bond donors (Lipinski definition) is 2. The number of carboxylic acid groups (broad SMARTS) is 1. The Bertz CT molecular complexity index is 840. The molecule has 0 atom stereocenters. The molecule has 24 heavy (non-hydrogen) atoms. The number of halogens is 1. The van der Waals surface area contributed by atoms with E-state index in [1.807, 2.05) is 6.07 Å². The number of nitrogens with one attached hydrogen (secondary N) is 1. The molecule has 122 valence electrons. The summed E-state index contributed by atoms with van der Waals surface area (Å²) in [6.07, 6.45) is 0. The van der Waals surface area contributed by atoms with Crippen LogP contribution in [0.1, 0.15) is 21.7 Å². The van der Waals surface area contributed by atoms with Gasteiger partial charge < -0.3 is 14.8 Å². The molecular formula is C19H16FNO3. The first-order valence-corrected chi connectivity index (χ1v) is 7.50. The maximum absolute atomic E-state index is 13.7. The maximum atomic E-state index is 13.7. The van der Waals surface area contributed by atoms with Crippen LogP contribution in [0.5, 0.6) is 0 Å². The van der Waals surface area contributed by atoms with Gasteiger partial charge in [0.2, 0.25) is 0 Å². The maximum Gasteiger partial charge on any atom is 0.335 e. The van der Waals surface area contributed by atoms with Crippen molar-refractivity contribution in [3.63, 3.8) is 0 Å². The quantitative estimate of drug-likeness (QED) is 0.717. The first-order valence-electron chi connectivity index (χ1n) is 7.50. The summed E-state index contributed by atoms with van der Waals surface area (Å²) in [6.45, 7) is 1.07. The third-order valence-electron chi connectivity index (χ3n) is 3.63. The molecular weight excluding hydrogens is 309 g/mol. The SMILES string of the molecule is O=C(O)c1ccc(CNCc2ccc(-c3ccccc3F)o2)cc1. The number of carboxylic acids is 1. The van der Waals surface area contributed by atoms with Gasteiger partial charge in [0.1, 0.15) is 17.3 Å². The summed E-state index contributed by atoms with van der Waals surface area (Å²) in [4.78, 5) is 10.8. The average Bonchev–Trinajstić information content (AvgIpc) is 3.04. The highest BCUT2D eigenvalue weighted by atomic mass is 19.1. The minimum Gasteiger partial charge on any atom is -0.478 e. The molecule has 0 aliphatic heterocycles. The highest BCUT2D eigenvalue weighted by Crippen LogP contribution is 2.24. The lowest BCUT2D eigenvalue weighted by molar-refractivity contribution is 0.0697. The van der Waals surface area contributed by atoms with Gasteiger partial charge in [0.15, 0.2) is 0 Å². The summed E-state index contributed by atoms with van der Waals surface area (Å²) in [7, 11) is 0. The Balaban J connectivity index is 1.58. The molecule has 0 amide bonds. The van der Waals surface area contributed by atoms with Gasteiger partial charge >= 0.3 is 5.97 Å². The van der Waals surface area contributed by atoms with Crippen LogP contribution in [0.4, 0.5) is 4.39 Å². The Morgan fingerprint density at radius 2 is 1.75 bits per heavy atom. The summed E-state index contributed by atoms with van der Waals surface area (Å²) in [5.74, 6) is -0.0539. The largest absolute Gasteiger partial charge is 0.478 e. The lowest BCUT2D eigenvalue weighted by Gasteiger charge is -2.04. The minimum absolute atomic E-state index is 0.263. The van der Waals surface area contributed by atoms with Crippen molar-refractivity contribution in [1.29, 1.82) is 0 Å². The standard InChI is InChI=1S/C19H16FNO3/c20-17-4-2-1-3-16(17)18-10-9-15(24-18)12-21-11-13-5-7-14(8-6-13)19(22)23/h1-10,21H,11-12H2,(H,22,23). The van der Waals surface area contributed by atoms with Crippen LogP contribution in [0.3, 0.4) is 0 Å². The third kappa shape index (κ3) is 3.70. The van der Waals surface area contributed by atoms with Crippen LogP contribution in [-0.2, 0) is 13.1 Å². The fraction of sp³-hybridized carbons (Fsp3) is 0.105. The van der Waals surface area contributed by atoms with Crippen LogP contribution in [0.2, 0.25) is 0 Å². The predicted octanol–water partition coefficient (Wildman–Crippen LogP) is 4.07. The molecule has 3 aromatic rings. The number of rotatable bonds is 6. The summed E-state index contributed by atoms with van der Waals surface area (Å²) < 4.78 is 19.4. The molecule has 1 aromatic heterocycles. The fourth-order valence-corrected chi connectivity index (χ4v) is 2.37. The Morgan fingerprint density at radius 3 is 2.46 bits per heavy atom. The molecule has 2 N–H and O–H groups in total. The van der Waals surface area contributed by atoms with Gasteiger partial charge in [-0.3, -0.25) is 0 Å². The summed E-state index contributed by atoms with van der Waals surface area (Å²) in [5, 5.41) is 12.1. The first-order chi connectivity index (χ1) is 11.6. The second kappa shape index (κ2) is 7.10. The van der Waals surface area contributed by atoms with E-state index in [4.69, 9.17) is 9.52 Å². The molecule has 0 unspecified atom stereocenters. The van der Waals surface area contributed by atoms with Gasteiger partial charge in [0, 0.05) is 6.54 Å². The minimum atomic E-state index is -0.939. The monoisotopic (exact) mass is 325 g/mol. The number of benzene rings is 2. The van der Waals surface area contributed by atoms with E-state index in [2.05, 4.69) is 5.32 Å². The van der Waals surface area contributed by atoms with E-state index in [1.165, 1.54) is 6.07 Å². The first kappa shape index (κ1) is 16.0. The van der Waals surface area contributed by atoms with Gasteiger partial charge in [-0.1, -0.05) is 24.3 Å². The molecule has 0 aliphatic carbocycles. The molecule has 2 aromatic carbocycles. The zero-order chi connectivity index (χ0) is 16.9. The van der Waals surface area contributed by atoms with Crippen LogP contribution in [0.15, 0.2) is 65.1 Å². The third-order valence-corrected chi connectivity index (χ3v) is 3.63. The van der Waals surface area contributed by atoms with Crippen LogP contribution in [0, 0.1) is 5.82 Å². The van der Waals surface area contributed by atoms with E-state index in [0.29, 0.717) is 30.2 Å². The van der Waals surface area contributed by atoms with Crippen LogP contribution >= 0.6 is 0 Å². The Morgan fingerprint density at radius 1 is 1.00 bits per heavy atom. The van der Waals surface area contributed by atoms with Crippen molar-refractivity contribution in [2.75, 3.05) is 0 Å². The van der Waals surface area contributed by atoms with Crippen molar-refractivity contribution in [3.8, 4) is 11.3 Å². The Labute approximate surface area is 138 Å². The van der Waals surface area contributed by atoms with Gasteiger partial charge in [0.25, 0.3) is 0 Å². The molecule has 0 bridgehead atoms. The summed E-state index contributed by atoms with van der Waals surface area (Å²) in [5.41, 5.74) is 1.67. The highest BCUT2D eigenvalue weighted by Gasteiger charge is 2.09. The van der Waals surface area contributed by atoms with E-state index >= 15 is 0 Å². The van der Waals surface area contributed by atoms with Gasteiger partial charge in [-0.2, -0.15) is 0 Å². The topological polar surface area (TPSA) is 62.5 Å². The van der Waals surface area contributed by atoms with Crippen LogP contribution in [-0.4, -0.2) is 11.1 Å². The van der Waals surface area contributed by atoms with Gasteiger partial charge in [-0.05, 0) is 42.0 Å². The molecule has 0 saturated heterocycles. The number of hydrogen-bond acceptors (Lipinski definition) is 3.